The van der Waals surface area contributed by atoms with Crippen molar-refractivity contribution in [2.75, 3.05) is 32.7 Å². The van der Waals surface area contributed by atoms with Crippen LogP contribution in [0.1, 0.15) is 44.7 Å². The molecule has 6 heteroatoms. The van der Waals surface area contributed by atoms with Crippen molar-refractivity contribution in [2.45, 2.75) is 40.2 Å². The zero-order valence-corrected chi connectivity index (χ0v) is 16.2. The molecule has 0 saturated carbocycles. The van der Waals surface area contributed by atoms with E-state index in [9.17, 15) is 4.39 Å². The number of halogens is 1. The van der Waals surface area contributed by atoms with Crippen LogP contribution in [0.3, 0.4) is 0 Å². The van der Waals surface area contributed by atoms with Crippen LogP contribution in [0.2, 0.25) is 0 Å². The monoisotopic (exact) mass is 360 g/mol. The van der Waals surface area contributed by atoms with Crippen LogP contribution in [0.25, 0.3) is 11.4 Å². The van der Waals surface area contributed by atoms with E-state index in [1.54, 1.807) is 13.0 Å². The van der Waals surface area contributed by atoms with Gasteiger partial charge in [0.2, 0.25) is 11.7 Å². The fourth-order valence-electron chi connectivity index (χ4n) is 3.23. The van der Waals surface area contributed by atoms with Crippen molar-refractivity contribution in [1.29, 1.82) is 0 Å². The van der Waals surface area contributed by atoms with Crippen molar-refractivity contribution >= 4 is 0 Å². The third-order valence-electron chi connectivity index (χ3n) is 5.21. The number of benzene rings is 1. The lowest BCUT2D eigenvalue weighted by atomic mass is 10.1. The molecule has 2 aromatic rings. The Labute approximate surface area is 155 Å². The maximum Gasteiger partial charge on any atom is 0.244 e. The van der Waals surface area contributed by atoms with Gasteiger partial charge in [-0.3, -0.25) is 4.90 Å². The third kappa shape index (κ3) is 4.48. The zero-order valence-electron chi connectivity index (χ0n) is 16.2. The summed E-state index contributed by atoms with van der Waals surface area (Å²) in [7, 11) is 0. The lowest BCUT2D eigenvalue weighted by molar-refractivity contribution is 0.0858. The van der Waals surface area contributed by atoms with Gasteiger partial charge in [-0.25, -0.2) is 4.39 Å². The minimum atomic E-state index is -0.251. The molecule has 0 radical (unpaired) electrons. The largest absolute Gasteiger partial charge is 0.337 e. The van der Waals surface area contributed by atoms with E-state index in [0.717, 1.165) is 32.1 Å². The first-order valence-electron chi connectivity index (χ1n) is 9.50. The topological polar surface area (TPSA) is 45.4 Å². The van der Waals surface area contributed by atoms with Gasteiger partial charge in [-0.15, -0.1) is 0 Å². The molecule has 1 saturated heterocycles. The number of piperazine rings is 1. The van der Waals surface area contributed by atoms with E-state index < -0.39 is 0 Å². The second-order valence-electron chi connectivity index (χ2n) is 7.66. The van der Waals surface area contributed by atoms with E-state index in [2.05, 4.69) is 40.7 Å². The van der Waals surface area contributed by atoms with Crippen molar-refractivity contribution < 1.29 is 8.91 Å². The summed E-state index contributed by atoms with van der Waals surface area (Å²) in [5.74, 6) is 1.53. The van der Waals surface area contributed by atoms with Crippen LogP contribution in [0, 0.1) is 18.7 Å². The minimum Gasteiger partial charge on any atom is -0.337 e. The first-order chi connectivity index (χ1) is 12.4. The van der Waals surface area contributed by atoms with Crippen molar-refractivity contribution in [3.8, 4) is 11.4 Å². The quantitative estimate of drug-likeness (QED) is 0.781. The second-order valence-corrected chi connectivity index (χ2v) is 7.66. The van der Waals surface area contributed by atoms with Gasteiger partial charge in [0.15, 0.2) is 0 Å². The molecule has 1 aromatic heterocycles. The zero-order chi connectivity index (χ0) is 18.7. The van der Waals surface area contributed by atoms with Crippen LogP contribution in [0.4, 0.5) is 4.39 Å². The lowest BCUT2D eigenvalue weighted by Gasteiger charge is -2.37. The molecule has 0 bridgehead atoms. The summed E-state index contributed by atoms with van der Waals surface area (Å²) in [5.41, 5.74) is 1.26. The molecule has 0 unspecified atom stereocenters. The van der Waals surface area contributed by atoms with Crippen LogP contribution < -0.4 is 0 Å². The Morgan fingerprint density at radius 1 is 1.15 bits per heavy atom. The van der Waals surface area contributed by atoms with Gasteiger partial charge in [0, 0.05) is 31.7 Å². The average molecular weight is 360 g/mol. The highest BCUT2D eigenvalue weighted by molar-refractivity contribution is 5.54. The van der Waals surface area contributed by atoms with Crippen molar-refractivity contribution in [3.05, 3.63) is 35.5 Å². The number of rotatable bonds is 6. The van der Waals surface area contributed by atoms with Gasteiger partial charge in [-0.2, -0.15) is 4.98 Å². The number of nitrogens with zero attached hydrogens (tertiary/aromatic N) is 4. The SMILES string of the molecule is Cc1ccc(-c2noc([C@@H](C)N3CCN(CCC(C)C)CC3)n2)cc1F. The molecule has 1 fully saturated rings. The van der Waals surface area contributed by atoms with Crippen LogP contribution in [-0.2, 0) is 0 Å². The molecule has 0 N–H and O–H groups in total. The number of aromatic nitrogens is 2. The third-order valence-corrected chi connectivity index (χ3v) is 5.21. The molecule has 5 nitrogen and oxygen atoms in total. The number of hydrogen-bond acceptors (Lipinski definition) is 5. The van der Waals surface area contributed by atoms with Gasteiger partial charge in [0.1, 0.15) is 5.82 Å². The van der Waals surface area contributed by atoms with Gasteiger partial charge in [-0.05, 0) is 44.4 Å². The molecule has 1 aliphatic heterocycles. The molecule has 3 rings (SSSR count). The standard InChI is InChI=1S/C20H29FN4O/c1-14(2)7-8-24-9-11-25(12-10-24)16(4)20-22-19(23-26-20)17-6-5-15(3)18(21)13-17/h5-6,13-14,16H,7-12H2,1-4H3/t16-/m1/s1. The van der Waals surface area contributed by atoms with E-state index in [1.807, 2.05) is 6.07 Å². The Morgan fingerprint density at radius 3 is 2.54 bits per heavy atom. The van der Waals surface area contributed by atoms with Gasteiger partial charge < -0.3 is 9.42 Å². The Morgan fingerprint density at radius 2 is 1.88 bits per heavy atom. The first-order valence-corrected chi connectivity index (χ1v) is 9.50. The van der Waals surface area contributed by atoms with Gasteiger partial charge >= 0.3 is 0 Å². The van der Waals surface area contributed by atoms with Crippen molar-refractivity contribution in [1.82, 2.24) is 19.9 Å². The summed E-state index contributed by atoms with van der Waals surface area (Å²) >= 11 is 0. The summed E-state index contributed by atoms with van der Waals surface area (Å²) in [6.45, 7) is 13.7. The first kappa shape index (κ1) is 19.0. The average Bonchev–Trinajstić information content (AvgIpc) is 3.12. The van der Waals surface area contributed by atoms with Crippen molar-refractivity contribution in [2.24, 2.45) is 5.92 Å². The predicted octanol–water partition coefficient (Wildman–Crippen LogP) is 3.91. The van der Waals surface area contributed by atoms with E-state index >= 15 is 0 Å². The van der Waals surface area contributed by atoms with Gasteiger partial charge in [0.05, 0.1) is 6.04 Å². The van der Waals surface area contributed by atoms with Crippen LogP contribution in [0.5, 0.6) is 0 Å². The highest BCUT2D eigenvalue weighted by Crippen LogP contribution is 2.24. The molecule has 0 spiro atoms. The van der Waals surface area contributed by atoms with E-state index in [4.69, 9.17) is 4.52 Å². The summed E-state index contributed by atoms with van der Waals surface area (Å²) in [5, 5.41) is 4.05. The summed E-state index contributed by atoms with van der Waals surface area (Å²) in [6.07, 6.45) is 1.25. The van der Waals surface area contributed by atoms with Crippen LogP contribution in [-0.4, -0.2) is 52.7 Å². The predicted molar refractivity (Wildman–Crippen MR) is 100 cm³/mol. The Bertz CT molecular complexity index is 722. The Balaban J connectivity index is 1.60. The van der Waals surface area contributed by atoms with Crippen LogP contribution >= 0.6 is 0 Å². The van der Waals surface area contributed by atoms with E-state index in [-0.39, 0.29) is 11.9 Å². The molecule has 1 aromatic carbocycles. The molecular weight excluding hydrogens is 331 g/mol. The minimum absolute atomic E-state index is 0.0683. The number of aryl methyl sites for hydroxylation is 1. The van der Waals surface area contributed by atoms with Crippen LogP contribution in [0.15, 0.2) is 22.7 Å². The fraction of sp³-hybridized carbons (Fsp3) is 0.600. The van der Waals surface area contributed by atoms with Crippen molar-refractivity contribution in [3.63, 3.8) is 0 Å². The Hall–Kier alpha value is -1.79. The summed E-state index contributed by atoms with van der Waals surface area (Å²) < 4.78 is 19.2. The van der Waals surface area contributed by atoms with E-state index in [0.29, 0.717) is 22.8 Å². The normalized spacial score (nSPS) is 17.8. The Kier molecular flexibility index (Phi) is 6.04. The summed E-state index contributed by atoms with van der Waals surface area (Å²) in [4.78, 5) is 9.40. The molecule has 1 aliphatic rings. The molecule has 142 valence electrons. The molecular formula is C20H29FN4O. The summed E-state index contributed by atoms with van der Waals surface area (Å²) in [6, 6.07) is 5.09. The maximum atomic E-state index is 13.8. The second kappa shape index (κ2) is 8.27. The van der Waals surface area contributed by atoms with Gasteiger partial charge in [-0.1, -0.05) is 31.1 Å². The number of hydrogen-bond donors (Lipinski definition) is 0. The smallest absolute Gasteiger partial charge is 0.244 e. The maximum absolute atomic E-state index is 13.8. The highest BCUT2D eigenvalue weighted by atomic mass is 19.1. The highest BCUT2D eigenvalue weighted by Gasteiger charge is 2.26. The molecule has 0 amide bonds. The molecule has 0 aliphatic carbocycles. The molecule has 1 atom stereocenters. The molecule has 26 heavy (non-hydrogen) atoms. The fourth-order valence-corrected chi connectivity index (χ4v) is 3.23. The lowest BCUT2D eigenvalue weighted by Crippen LogP contribution is -2.47. The van der Waals surface area contributed by atoms with E-state index in [1.165, 1.54) is 19.0 Å². The van der Waals surface area contributed by atoms with Gasteiger partial charge in [0.25, 0.3) is 0 Å². The molecule has 2 heterocycles.